The third kappa shape index (κ3) is 4.47. The Kier molecular flexibility index (Phi) is 7.95. The lowest BCUT2D eigenvalue weighted by Crippen LogP contribution is -2.65. The fourth-order valence-electron chi connectivity index (χ4n) is 4.86. The molecule has 0 spiro atoms. The highest BCUT2D eigenvalue weighted by atomic mass is 127. The number of anilines is 1. The van der Waals surface area contributed by atoms with Crippen LogP contribution in [0.2, 0.25) is 22.2 Å². The van der Waals surface area contributed by atoms with Gasteiger partial charge in [-0.05, 0) is 22.2 Å². The zero-order valence-electron chi connectivity index (χ0n) is 20.2. The molecule has 0 amide bonds. The van der Waals surface area contributed by atoms with Crippen LogP contribution in [0.15, 0.2) is 11.1 Å². The van der Waals surface area contributed by atoms with Gasteiger partial charge in [0.05, 0.1) is 16.6 Å². The van der Waals surface area contributed by atoms with Gasteiger partial charge in [0.25, 0.3) is 0 Å². The first-order valence-corrected chi connectivity index (χ1v) is 16.6. The van der Waals surface area contributed by atoms with Crippen LogP contribution >= 0.6 is 22.6 Å². The molecule has 1 aromatic heterocycles. The average molecular weight is 597 g/mol. The molecule has 2 saturated heterocycles. The number of nitrogens with zero attached hydrogens (tertiary/aromatic N) is 3. The van der Waals surface area contributed by atoms with Gasteiger partial charge in [-0.25, -0.2) is 9.78 Å². The van der Waals surface area contributed by atoms with Gasteiger partial charge >= 0.3 is 22.8 Å². The average Bonchev–Trinajstić information content (AvgIpc) is 2.96. The van der Waals surface area contributed by atoms with Gasteiger partial charge in [-0.1, -0.05) is 78.0 Å². The van der Waals surface area contributed by atoms with Gasteiger partial charge in [0, 0.05) is 0 Å². The largest absolute Gasteiger partial charge is 0.414 e. The Hall–Kier alpha value is -0.386. The Morgan fingerprint density at radius 1 is 1.06 bits per heavy atom. The van der Waals surface area contributed by atoms with E-state index in [-0.39, 0.29) is 44.2 Å². The van der Waals surface area contributed by atoms with E-state index in [9.17, 15) is 4.79 Å². The van der Waals surface area contributed by atoms with Crippen LogP contribution in [0.25, 0.3) is 0 Å². The van der Waals surface area contributed by atoms with E-state index in [0.29, 0.717) is 6.61 Å². The summed E-state index contributed by atoms with van der Waals surface area (Å²) < 4.78 is 28.7. The highest BCUT2D eigenvalue weighted by molar-refractivity contribution is 14.1. The monoisotopic (exact) mass is 596 g/mol. The van der Waals surface area contributed by atoms with Crippen molar-refractivity contribution >= 4 is 45.7 Å². The second kappa shape index (κ2) is 9.70. The number of alkyl halides is 1. The molecule has 12 heteroatoms. The Bertz CT molecular complexity index is 853. The molecular weight excluding hydrogens is 559 g/mol. The van der Waals surface area contributed by atoms with Gasteiger partial charge < -0.3 is 23.4 Å². The van der Waals surface area contributed by atoms with E-state index in [2.05, 4.69) is 87.9 Å². The first kappa shape index (κ1) is 26.2. The van der Waals surface area contributed by atoms with Gasteiger partial charge in [0.15, 0.2) is 6.23 Å². The standard InChI is InChI=1S/C20H37IN4O5Si2/c1-11(2)31(12(3)4)27-9-15-17(29-32(30-31,13(5)6)14(7)8)16(21)18(28-15)25-10-23-19(22)24-20(25)26/h10-18H,9H2,1-8H3,(H2,22,24,26)/t15-,16-,17-,18-/m1/s1. The van der Waals surface area contributed by atoms with Gasteiger partial charge in [0.2, 0.25) is 5.95 Å². The fourth-order valence-corrected chi connectivity index (χ4v) is 17.5. The molecule has 0 bridgehead atoms. The highest BCUT2D eigenvalue weighted by Crippen LogP contribution is 2.49. The van der Waals surface area contributed by atoms with E-state index >= 15 is 0 Å². The molecule has 2 aliphatic heterocycles. The maximum atomic E-state index is 12.5. The van der Waals surface area contributed by atoms with Crippen molar-refractivity contribution in [2.75, 3.05) is 12.3 Å². The number of nitrogen functional groups attached to an aromatic ring is 1. The minimum Gasteiger partial charge on any atom is -0.414 e. The van der Waals surface area contributed by atoms with Gasteiger partial charge in [-0.2, -0.15) is 4.98 Å². The van der Waals surface area contributed by atoms with E-state index in [1.807, 2.05) is 0 Å². The molecule has 182 valence electrons. The molecule has 2 fully saturated rings. The van der Waals surface area contributed by atoms with Gasteiger partial charge in [0.1, 0.15) is 12.4 Å². The third-order valence-corrected chi connectivity index (χ3v) is 18.2. The molecular formula is C20H37IN4O5Si2. The first-order valence-electron chi connectivity index (χ1n) is 11.4. The third-order valence-electron chi connectivity index (χ3n) is 6.62. The number of rotatable bonds is 5. The number of nitrogens with two attached hydrogens (primary N) is 1. The maximum Gasteiger partial charge on any atom is 0.354 e. The molecule has 0 saturated carbocycles. The predicted octanol–water partition coefficient (Wildman–Crippen LogP) is 3.88. The summed E-state index contributed by atoms with van der Waals surface area (Å²) >= 11 is 2.31. The van der Waals surface area contributed by atoms with Crippen molar-refractivity contribution in [3.05, 3.63) is 16.8 Å². The lowest BCUT2D eigenvalue weighted by atomic mass is 10.2. The van der Waals surface area contributed by atoms with Crippen LogP contribution in [-0.4, -0.2) is 54.4 Å². The van der Waals surface area contributed by atoms with Gasteiger partial charge in [-0.15, -0.1) is 0 Å². The Morgan fingerprint density at radius 3 is 2.12 bits per heavy atom. The van der Waals surface area contributed by atoms with Crippen molar-refractivity contribution in [3.63, 3.8) is 0 Å². The summed E-state index contributed by atoms with van der Waals surface area (Å²) in [7, 11) is -5.39. The van der Waals surface area contributed by atoms with Crippen molar-refractivity contribution in [3.8, 4) is 0 Å². The minimum atomic E-state index is -2.75. The maximum absolute atomic E-state index is 12.5. The van der Waals surface area contributed by atoms with Crippen molar-refractivity contribution < 1.29 is 17.7 Å². The van der Waals surface area contributed by atoms with Crippen LogP contribution in [0, 0.1) is 0 Å². The predicted molar refractivity (Wildman–Crippen MR) is 136 cm³/mol. The second-order valence-electron chi connectivity index (χ2n) is 9.97. The molecule has 0 unspecified atom stereocenters. The molecule has 3 rings (SSSR count). The first-order chi connectivity index (χ1) is 14.9. The molecule has 3 heterocycles. The summed E-state index contributed by atoms with van der Waals surface area (Å²) in [6.07, 6.45) is 0.242. The summed E-state index contributed by atoms with van der Waals surface area (Å²) in [6.45, 7) is 17.9. The molecule has 4 atom stereocenters. The molecule has 0 radical (unpaired) electrons. The van der Waals surface area contributed by atoms with Crippen LogP contribution in [0.4, 0.5) is 5.95 Å². The normalized spacial score (nSPS) is 30.0. The zero-order chi connectivity index (χ0) is 24.0. The van der Waals surface area contributed by atoms with E-state index in [4.69, 9.17) is 23.4 Å². The zero-order valence-corrected chi connectivity index (χ0v) is 24.4. The van der Waals surface area contributed by atoms with E-state index < -0.39 is 29.0 Å². The number of aromatic nitrogens is 3. The Morgan fingerprint density at radius 2 is 1.62 bits per heavy atom. The minimum absolute atomic E-state index is 0.0519. The van der Waals surface area contributed by atoms with Gasteiger partial charge in [-0.3, -0.25) is 4.57 Å². The quantitative estimate of drug-likeness (QED) is 0.310. The van der Waals surface area contributed by atoms with Crippen LogP contribution in [0.1, 0.15) is 61.6 Å². The van der Waals surface area contributed by atoms with E-state index in [1.165, 1.54) is 10.9 Å². The van der Waals surface area contributed by atoms with Crippen LogP contribution in [-0.2, 0) is 17.7 Å². The summed E-state index contributed by atoms with van der Waals surface area (Å²) in [4.78, 5) is 20.3. The lowest BCUT2D eigenvalue weighted by molar-refractivity contribution is -0.0567. The number of halogens is 1. The smallest absolute Gasteiger partial charge is 0.354 e. The van der Waals surface area contributed by atoms with Crippen molar-refractivity contribution in [2.24, 2.45) is 0 Å². The van der Waals surface area contributed by atoms with Crippen molar-refractivity contribution in [1.82, 2.24) is 14.5 Å². The molecule has 2 N–H and O–H groups in total. The molecule has 0 aromatic carbocycles. The Labute approximate surface area is 206 Å². The molecule has 32 heavy (non-hydrogen) atoms. The van der Waals surface area contributed by atoms with Crippen LogP contribution in [0.3, 0.4) is 0 Å². The molecule has 9 nitrogen and oxygen atoms in total. The number of hydrogen-bond donors (Lipinski definition) is 1. The lowest BCUT2D eigenvalue weighted by Gasteiger charge is -2.51. The van der Waals surface area contributed by atoms with Crippen molar-refractivity contribution in [2.45, 2.75) is 99.9 Å². The fraction of sp³-hybridized carbons (Fsp3) is 0.850. The van der Waals surface area contributed by atoms with E-state index in [1.54, 1.807) is 0 Å². The topological polar surface area (TPSA) is 111 Å². The second-order valence-corrected chi connectivity index (χ2v) is 20.3. The summed E-state index contributed by atoms with van der Waals surface area (Å²) in [5.41, 5.74) is 6.05. The Balaban J connectivity index is 2.07. The number of fused-ring (bicyclic) bond motifs is 1. The summed E-state index contributed by atoms with van der Waals surface area (Å²) in [5.74, 6) is -0.0519. The van der Waals surface area contributed by atoms with Crippen LogP contribution in [0.5, 0.6) is 0 Å². The van der Waals surface area contributed by atoms with E-state index in [0.717, 1.165) is 0 Å². The van der Waals surface area contributed by atoms with Crippen molar-refractivity contribution in [1.29, 1.82) is 0 Å². The number of ether oxygens (including phenoxy) is 1. The molecule has 2 aliphatic rings. The molecule has 1 aromatic rings. The SMILES string of the molecule is CC(C)[Si]1(C(C)C)OC[C@H]2O[C@@H](n3cnc(N)nc3=O)[C@H](I)[C@@H]2O[Si](C(C)C)(C(C)C)O1. The number of hydrogen-bond acceptors (Lipinski definition) is 8. The summed E-state index contributed by atoms with van der Waals surface area (Å²) in [5, 5.41) is 0. The highest BCUT2D eigenvalue weighted by Gasteiger charge is 2.61. The van der Waals surface area contributed by atoms with Crippen LogP contribution < -0.4 is 11.4 Å². The summed E-state index contributed by atoms with van der Waals surface area (Å²) in [6, 6.07) is 0. The molecule has 0 aliphatic carbocycles.